The molecule has 0 spiro atoms. The van der Waals surface area contributed by atoms with Crippen LogP contribution in [0.5, 0.6) is 0 Å². The molecule has 3 rings (SSSR count). The molecular weight excluding hydrogens is 382 g/mol. The summed E-state index contributed by atoms with van der Waals surface area (Å²) in [7, 11) is 1.27. The molecule has 1 amide bonds. The summed E-state index contributed by atoms with van der Waals surface area (Å²) in [5, 5.41) is 3.60. The number of para-hydroxylation sites is 1. The molecule has 0 saturated heterocycles. The fourth-order valence-electron chi connectivity index (χ4n) is 2.86. The van der Waals surface area contributed by atoms with Gasteiger partial charge >= 0.3 is 5.97 Å². The Balaban J connectivity index is 1.82. The minimum absolute atomic E-state index is 0.0865. The number of methoxy groups -OCH3 is 1. The van der Waals surface area contributed by atoms with Crippen molar-refractivity contribution >= 4 is 34.4 Å². The maximum atomic E-state index is 12.6. The minimum atomic E-state index is -0.683. The van der Waals surface area contributed by atoms with Gasteiger partial charge in [-0.25, -0.2) is 4.98 Å². The lowest BCUT2D eigenvalue weighted by molar-refractivity contribution is -0.141. The molecule has 8 heteroatoms. The number of hydrogen-bond acceptors (Lipinski definition) is 5. The van der Waals surface area contributed by atoms with Gasteiger partial charge in [-0.2, -0.15) is 0 Å². The zero-order valence-corrected chi connectivity index (χ0v) is 15.8. The summed E-state index contributed by atoms with van der Waals surface area (Å²) < 4.78 is 5.93. The van der Waals surface area contributed by atoms with E-state index in [4.69, 9.17) is 16.3 Å². The van der Waals surface area contributed by atoms with Crippen LogP contribution in [-0.2, 0) is 20.9 Å². The van der Waals surface area contributed by atoms with Crippen LogP contribution in [0.2, 0.25) is 5.02 Å². The van der Waals surface area contributed by atoms with Crippen LogP contribution in [0.1, 0.15) is 18.0 Å². The quantitative estimate of drug-likeness (QED) is 0.643. The molecule has 0 aliphatic rings. The standard InChI is InChI=1S/C20H18ClN3O4/c1-28-19(26)10-17(13-6-2-4-8-15(13)21)23-18(25)11-24-12-22-16-9-5-3-7-14(16)20(24)27/h2-9,12,17H,10-11H2,1H3,(H,23,25)/t17-/m1/s1. The van der Waals surface area contributed by atoms with E-state index < -0.39 is 17.9 Å². The number of nitrogens with one attached hydrogen (secondary N) is 1. The van der Waals surface area contributed by atoms with Crippen LogP contribution in [-0.4, -0.2) is 28.5 Å². The van der Waals surface area contributed by atoms with Crippen LogP contribution in [0.15, 0.2) is 59.7 Å². The Bertz CT molecular complexity index is 1080. The number of ether oxygens (including phenoxy) is 1. The van der Waals surface area contributed by atoms with Gasteiger partial charge < -0.3 is 10.1 Å². The second-order valence-electron chi connectivity index (χ2n) is 6.12. The zero-order valence-electron chi connectivity index (χ0n) is 15.1. The first-order chi connectivity index (χ1) is 13.5. The average Bonchev–Trinajstić information content (AvgIpc) is 2.70. The Kier molecular flexibility index (Phi) is 6.06. The van der Waals surface area contributed by atoms with Crippen molar-refractivity contribution in [3.05, 3.63) is 75.8 Å². The SMILES string of the molecule is COC(=O)C[C@@H](NC(=O)Cn1cnc2ccccc2c1=O)c1ccccc1Cl. The number of rotatable bonds is 6. The van der Waals surface area contributed by atoms with E-state index in [2.05, 4.69) is 10.3 Å². The van der Waals surface area contributed by atoms with Gasteiger partial charge in [0.25, 0.3) is 5.56 Å². The van der Waals surface area contributed by atoms with Crippen LogP contribution >= 0.6 is 11.6 Å². The molecule has 3 aromatic rings. The third-order valence-electron chi connectivity index (χ3n) is 4.26. The highest BCUT2D eigenvalue weighted by molar-refractivity contribution is 6.31. The van der Waals surface area contributed by atoms with E-state index in [1.54, 1.807) is 48.5 Å². The summed E-state index contributed by atoms with van der Waals surface area (Å²) in [6.45, 7) is -0.237. The molecule has 2 aromatic carbocycles. The van der Waals surface area contributed by atoms with Crippen LogP contribution < -0.4 is 10.9 Å². The normalized spacial score (nSPS) is 11.8. The number of aromatic nitrogens is 2. The van der Waals surface area contributed by atoms with Gasteiger partial charge in [0.05, 0.1) is 36.8 Å². The van der Waals surface area contributed by atoms with E-state index in [1.165, 1.54) is 18.0 Å². The third-order valence-corrected chi connectivity index (χ3v) is 4.60. The summed E-state index contributed by atoms with van der Waals surface area (Å²) in [5.41, 5.74) is 0.832. The molecule has 0 saturated carbocycles. The number of benzene rings is 2. The molecule has 1 aromatic heterocycles. The molecule has 144 valence electrons. The summed E-state index contributed by atoms with van der Waals surface area (Å²) in [5.74, 6) is -0.942. The Morgan fingerprint density at radius 1 is 1.18 bits per heavy atom. The number of esters is 1. The summed E-state index contributed by atoms with van der Waals surface area (Å²) >= 11 is 6.21. The highest BCUT2D eigenvalue weighted by atomic mass is 35.5. The lowest BCUT2D eigenvalue weighted by atomic mass is 10.0. The second kappa shape index (κ2) is 8.67. The van der Waals surface area contributed by atoms with Crippen molar-refractivity contribution in [2.24, 2.45) is 0 Å². The molecule has 1 atom stereocenters. The highest BCUT2D eigenvalue weighted by Crippen LogP contribution is 2.25. The zero-order chi connectivity index (χ0) is 20.1. The van der Waals surface area contributed by atoms with E-state index in [9.17, 15) is 14.4 Å². The van der Waals surface area contributed by atoms with Crippen molar-refractivity contribution in [3.8, 4) is 0 Å². The second-order valence-corrected chi connectivity index (χ2v) is 6.52. The van der Waals surface area contributed by atoms with E-state index in [0.717, 1.165) is 0 Å². The van der Waals surface area contributed by atoms with Crippen LogP contribution in [0.4, 0.5) is 0 Å². The number of halogens is 1. The average molecular weight is 400 g/mol. The van der Waals surface area contributed by atoms with Crippen LogP contribution in [0.25, 0.3) is 10.9 Å². The van der Waals surface area contributed by atoms with Crippen molar-refractivity contribution in [1.29, 1.82) is 0 Å². The van der Waals surface area contributed by atoms with Crippen molar-refractivity contribution in [2.75, 3.05) is 7.11 Å². The maximum Gasteiger partial charge on any atom is 0.307 e. The fraction of sp³-hybridized carbons (Fsp3) is 0.200. The molecule has 1 heterocycles. The van der Waals surface area contributed by atoms with Gasteiger partial charge in [0.1, 0.15) is 6.54 Å². The number of carbonyl (C=O) groups is 2. The van der Waals surface area contributed by atoms with Crippen LogP contribution in [0, 0.1) is 0 Å². The van der Waals surface area contributed by atoms with Gasteiger partial charge in [-0.1, -0.05) is 41.9 Å². The smallest absolute Gasteiger partial charge is 0.307 e. The predicted molar refractivity (Wildman–Crippen MR) is 105 cm³/mol. The molecule has 0 bridgehead atoms. The van der Waals surface area contributed by atoms with Gasteiger partial charge in [-0.05, 0) is 23.8 Å². The first kappa shape index (κ1) is 19.6. The van der Waals surface area contributed by atoms with E-state index in [-0.39, 0.29) is 18.5 Å². The summed E-state index contributed by atoms with van der Waals surface area (Å²) in [6.07, 6.45) is 1.24. The molecule has 0 aliphatic heterocycles. The lowest BCUT2D eigenvalue weighted by Gasteiger charge is -2.19. The molecule has 0 fully saturated rings. The minimum Gasteiger partial charge on any atom is -0.469 e. The third kappa shape index (κ3) is 4.37. The van der Waals surface area contributed by atoms with Crippen molar-refractivity contribution in [1.82, 2.24) is 14.9 Å². The number of hydrogen-bond donors (Lipinski definition) is 1. The van der Waals surface area contributed by atoms with E-state index in [1.807, 2.05) is 0 Å². The number of carbonyl (C=O) groups excluding carboxylic acids is 2. The number of fused-ring (bicyclic) bond motifs is 1. The topological polar surface area (TPSA) is 90.3 Å². The van der Waals surface area contributed by atoms with Gasteiger partial charge in [0.15, 0.2) is 0 Å². The molecule has 0 radical (unpaired) electrons. The first-order valence-corrected chi connectivity index (χ1v) is 8.92. The molecule has 0 unspecified atom stereocenters. The molecule has 1 N–H and O–H groups in total. The maximum absolute atomic E-state index is 12.6. The van der Waals surface area contributed by atoms with Crippen molar-refractivity contribution < 1.29 is 14.3 Å². The molecule has 7 nitrogen and oxygen atoms in total. The fourth-order valence-corrected chi connectivity index (χ4v) is 3.13. The van der Waals surface area contributed by atoms with Gasteiger partial charge in [0.2, 0.25) is 5.91 Å². The van der Waals surface area contributed by atoms with E-state index >= 15 is 0 Å². The van der Waals surface area contributed by atoms with Crippen LogP contribution in [0.3, 0.4) is 0 Å². The Morgan fingerprint density at radius 2 is 1.89 bits per heavy atom. The number of nitrogens with zero attached hydrogens (tertiary/aromatic N) is 2. The van der Waals surface area contributed by atoms with Crippen molar-refractivity contribution in [3.63, 3.8) is 0 Å². The molecule has 28 heavy (non-hydrogen) atoms. The first-order valence-electron chi connectivity index (χ1n) is 8.54. The van der Waals surface area contributed by atoms with Crippen molar-refractivity contribution in [2.45, 2.75) is 19.0 Å². The van der Waals surface area contributed by atoms with Gasteiger partial charge in [0, 0.05) is 5.02 Å². The van der Waals surface area contributed by atoms with Gasteiger partial charge in [-0.15, -0.1) is 0 Å². The Hall–Kier alpha value is -3.19. The highest BCUT2D eigenvalue weighted by Gasteiger charge is 2.21. The number of amides is 1. The Labute approximate surface area is 165 Å². The Morgan fingerprint density at radius 3 is 2.64 bits per heavy atom. The monoisotopic (exact) mass is 399 g/mol. The lowest BCUT2D eigenvalue weighted by Crippen LogP contribution is -2.36. The van der Waals surface area contributed by atoms with E-state index in [0.29, 0.717) is 21.5 Å². The molecular formula is C20H18ClN3O4. The van der Waals surface area contributed by atoms with Gasteiger partial charge in [-0.3, -0.25) is 19.0 Å². The summed E-state index contributed by atoms with van der Waals surface area (Å²) in [6, 6.07) is 13.1. The predicted octanol–water partition coefficient (Wildman–Crippen LogP) is 2.47. The molecule has 0 aliphatic carbocycles. The largest absolute Gasteiger partial charge is 0.469 e. The summed E-state index contributed by atoms with van der Waals surface area (Å²) in [4.78, 5) is 41.1.